The smallest absolute Gasteiger partial charge is 0.221 e. The zero-order chi connectivity index (χ0) is 14.6. The van der Waals surface area contributed by atoms with E-state index in [4.69, 9.17) is 5.73 Å². The van der Waals surface area contributed by atoms with E-state index in [9.17, 15) is 4.79 Å². The van der Waals surface area contributed by atoms with E-state index in [-0.39, 0.29) is 11.4 Å². The highest BCUT2D eigenvalue weighted by Crippen LogP contribution is 2.36. The highest BCUT2D eigenvalue weighted by atomic mass is 16.1. The second-order valence-electron chi connectivity index (χ2n) is 6.80. The fourth-order valence-electron chi connectivity index (χ4n) is 3.73. The van der Waals surface area contributed by atoms with Gasteiger partial charge in [0.05, 0.1) is 0 Å². The van der Waals surface area contributed by atoms with Crippen molar-refractivity contribution in [2.45, 2.75) is 70.4 Å². The largest absolute Gasteiger partial charge is 0.353 e. The molecule has 0 bridgehead atoms. The molecule has 2 fully saturated rings. The van der Waals surface area contributed by atoms with Crippen LogP contribution in [-0.4, -0.2) is 42.0 Å². The predicted molar refractivity (Wildman–Crippen MR) is 82.4 cm³/mol. The summed E-state index contributed by atoms with van der Waals surface area (Å²) in [4.78, 5) is 14.4. The van der Waals surface area contributed by atoms with Crippen LogP contribution in [0.3, 0.4) is 0 Å². The van der Waals surface area contributed by atoms with Crippen molar-refractivity contribution in [3.63, 3.8) is 0 Å². The number of carbonyl (C=O) groups is 1. The van der Waals surface area contributed by atoms with Gasteiger partial charge in [-0.15, -0.1) is 0 Å². The first-order chi connectivity index (χ1) is 9.59. The molecule has 2 unspecified atom stereocenters. The Balaban J connectivity index is 1.88. The molecule has 3 N–H and O–H groups in total. The summed E-state index contributed by atoms with van der Waals surface area (Å²) in [6, 6.07) is 0.468. The van der Waals surface area contributed by atoms with Crippen LogP contribution in [0.15, 0.2) is 0 Å². The minimum absolute atomic E-state index is 0.131. The molecule has 0 aromatic rings. The third kappa shape index (κ3) is 3.95. The van der Waals surface area contributed by atoms with Gasteiger partial charge in [-0.3, -0.25) is 9.69 Å². The highest BCUT2D eigenvalue weighted by Gasteiger charge is 2.38. The first-order valence-electron chi connectivity index (χ1n) is 8.34. The number of nitrogens with two attached hydrogens (primary N) is 1. The van der Waals surface area contributed by atoms with Gasteiger partial charge >= 0.3 is 0 Å². The number of carbonyl (C=O) groups excluding carboxylic acids is 1. The molecule has 1 amide bonds. The van der Waals surface area contributed by atoms with Crippen LogP contribution in [0.4, 0.5) is 0 Å². The van der Waals surface area contributed by atoms with Gasteiger partial charge in [0.15, 0.2) is 0 Å². The van der Waals surface area contributed by atoms with E-state index in [1.807, 2.05) is 0 Å². The summed E-state index contributed by atoms with van der Waals surface area (Å²) in [5, 5.41) is 3.08. The van der Waals surface area contributed by atoms with Crippen LogP contribution in [0.1, 0.15) is 58.8 Å². The fourth-order valence-corrected chi connectivity index (χ4v) is 3.73. The molecule has 4 nitrogen and oxygen atoms in total. The minimum Gasteiger partial charge on any atom is -0.353 e. The Bertz CT molecular complexity index is 330. The summed E-state index contributed by atoms with van der Waals surface area (Å²) in [7, 11) is 0. The first kappa shape index (κ1) is 15.8. The molecule has 0 aromatic carbocycles. The third-order valence-corrected chi connectivity index (χ3v) is 5.05. The lowest BCUT2D eigenvalue weighted by Crippen LogP contribution is -2.56. The summed E-state index contributed by atoms with van der Waals surface area (Å²) in [5.74, 6) is 0.962. The zero-order valence-electron chi connectivity index (χ0n) is 13.2. The normalized spacial score (nSPS) is 30.5. The highest BCUT2D eigenvalue weighted by molar-refractivity contribution is 5.76. The summed E-state index contributed by atoms with van der Waals surface area (Å²) in [5.41, 5.74) is 6.26. The molecule has 2 rings (SSSR count). The lowest BCUT2D eigenvalue weighted by atomic mass is 9.75. The zero-order valence-corrected chi connectivity index (χ0v) is 13.2. The van der Waals surface area contributed by atoms with Crippen LogP contribution in [0.25, 0.3) is 0 Å². The van der Waals surface area contributed by atoms with Gasteiger partial charge < -0.3 is 11.1 Å². The van der Waals surface area contributed by atoms with Crippen molar-refractivity contribution >= 4 is 5.91 Å². The monoisotopic (exact) mass is 281 g/mol. The number of nitrogens with one attached hydrogen (secondary N) is 1. The SMILES string of the molecule is CCN(CCC(=O)NC1CC1)C1(CN)CCCC(C)C1. The summed E-state index contributed by atoms with van der Waals surface area (Å²) in [6.45, 7) is 7.07. The van der Waals surface area contributed by atoms with Crippen LogP contribution in [0, 0.1) is 5.92 Å². The van der Waals surface area contributed by atoms with E-state index in [0.717, 1.165) is 38.4 Å². The van der Waals surface area contributed by atoms with Gasteiger partial charge in [-0.05, 0) is 38.1 Å². The number of likely N-dealkylation sites (N-methyl/N-ethyl adjacent to an activating group) is 1. The Kier molecular flexibility index (Phi) is 5.44. The topological polar surface area (TPSA) is 58.4 Å². The van der Waals surface area contributed by atoms with Crippen LogP contribution < -0.4 is 11.1 Å². The van der Waals surface area contributed by atoms with E-state index < -0.39 is 0 Å². The summed E-state index contributed by atoms with van der Waals surface area (Å²) < 4.78 is 0. The molecule has 2 aliphatic carbocycles. The number of amides is 1. The first-order valence-corrected chi connectivity index (χ1v) is 8.34. The van der Waals surface area contributed by atoms with Crippen molar-refractivity contribution in [1.82, 2.24) is 10.2 Å². The van der Waals surface area contributed by atoms with E-state index >= 15 is 0 Å². The average Bonchev–Trinajstić information content (AvgIpc) is 3.23. The van der Waals surface area contributed by atoms with Gasteiger partial charge in [0.1, 0.15) is 0 Å². The Labute approximate surface area is 123 Å². The van der Waals surface area contributed by atoms with Crippen molar-refractivity contribution in [3.05, 3.63) is 0 Å². The molecule has 0 spiro atoms. The molecular weight excluding hydrogens is 250 g/mol. The second-order valence-corrected chi connectivity index (χ2v) is 6.80. The van der Waals surface area contributed by atoms with Gasteiger partial charge in [0, 0.05) is 31.1 Å². The van der Waals surface area contributed by atoms with Crippen molar-refractivity contribution in [2.24, 2.45) is 11.7 Å². The van der Waals surface area contributed by atoms with Gasteiger partial charge in [0.2, 0.25) is 5.91 Å². The molecule has 116 valence electrons. The number of nitrogens with zero attached hydrogens (tertiary/aromatic N) is 1. The van der Waals surface area contributed by atoms with E-state index in [1.165, 1.54) is 25.7 Å². The van der Waals surface area contributed by atoms with Gasteiger partial charge in [-0.25, -0.2) is 0 Å². The van der Waals surface area contributed by atoms with Crippen molar-refractivity contribution in [2.75, 3.05) is 19.6 Å². The molecule has 0 heterocycles. The van der Waals surface area contributed by atoms with Gasteiger partial charge in [-0.1, -0.05) is 26.7 Å². The maximum atomic E-state index is 11.9. The molecule has 0 saturated heterocycles. The number of rotatable bonds is 7. The van der Waals surface area contributed by atoms with E-state index in [0.29, 0.717) is 12.5 Å². The van der Waals surface area contributed by atoms with Crippen molar-refractivity contribution in [1.29, 1.82) is 0 Å². The Hall–Kier alpha value is -0.610. The number of hydrogen-bond donors (Lipinski definition) is 2. The van der Waals surface area contributed by atoms with E-state index in [2.05, 4.69) is 24.1 Å². The summed E-state index contributed by atoms with van der Waals surface area (Å²) in [6.07, 6.45) is 7.89. The second kappa shape index (κ2) is 6.90. The van der Waals surface area contributed by atoms with Crippen LogP contribution >= 0.6 is 0 Å². The predicted octanol–water partition coefficient (Wildman–Crippen LogP) is 1.88. The molecular formula is C16H31N3O. The standard InChI is InChI=1S/C16H31N3O/c1-3-19(10-8-15(20)18-14-6-7-14)16(12-17)9-4-5-13(2)11-16/h13-14H,3-12,17H2,1-2H3,(H,18,20). The van der Waals surface area contributed by atoms with Crippen LogP contribution in [0.5, 0.6) is 0 Å². The van der Waals surface area contributed by atoms with Crippen molar-refractivity contribution in [3.8, 4) is 0 Å². The van der Waals surface area contributed by atoms with Crippen LogP contribution in [-0.2, 0) is 4.79 Å². The molecule has 0 radical (unpaired) electrons. The molecule has 4 heteroatoms. The van der Waals surface area contributed by atoms with E-state index in [1.54, 1.807) is 0 Å². The molecule has 2 aliphatic rings. The molecule has 0 aliphatic heterocycles. The Morgan fingerprint density at radius 2 is 2.15 bits per heavy atom. The van der Waals surface area contributed by atoms with Gasteiger partial charge in [-0.2, -0.15) is 0 Å². The Morgan fingerprint density at radius 3 is 2.70 bits per heavy atom. The minimum atomic E-state index is 0.131. The molecule has 2 saturated carbocycles. The van der Waals surface area contributed by atoms with Gasteiger partial charge in [0.25, 0.3) is 0 Å². The maximum absolute atomic E-state index is 11.9. The molecule has 0 aromatic heterocycles. The summed E-state index contributed by atoms with van der Waals surface area (Å²) >= 11 is 0. The Morgan fingerprint density at radius 1 is 1.40 bits per heavy atom. The maximum Gasteiger partial charge on any atom is 0.221 e. The fraction of sp³-hybridized carbons (Fsp3) is 0.938. The molecule has 20 heavy (non-hydrogen) atoms. The quantitative estimate of drug-likeness (QED) is 0.749. The lowest BCUT2D eigenvalue weighted by molar-refractivity contribution is -0.122. The van der Waals surface area contributed by atoms with Crippen molar-refractivity contribution < 1.29 is 4.79 Å². The number of hydrogen-bond acceptors (Lipinski definition) is 3. The molecule has 2 atom stereocenters. The third-order valence-electron chi connectivity index (χ3n) is 5.05. The lowest BCUT2D eigenvalue weighted by Gasteiger charge is -2.47. The average molecular weight is 281 g/mol. The van der Waals surface area contributed by atoms with Crippen LogP contribution in [0.2, 0.25) is 0 Å².